The number of halogens is 1. The summed E-state index contributed by atoms with van der Waals surface area (Å²) in [4.78, 5) is 14.6. The SMILES string of the molecule is O=C(Cc1cccc(OCc2ccccc2Cl)c1)NCCN1CCNCC1. The van der Waals surface area contributed by atoms with E-state index >= 15 is 0 Å². The minimum atomic E-state index is 0.0355. The van der Waals surface area contributed by atoms with Gasteiger partial charge in [0.05, 0.1) is 6.42 Å². The summed E-state index contributed by atoms with van der Waals surface area (Å²) < 4.78 is 5.83. The van der Waals surface area contributed by atoms with E-state index in [1.165, 1.54) is 0 Å². The van der Waals surface area contributed by atoms with Gasteiger partial charge in [0.25, 0.3) is 0 Å². The monoisotopic (exact) mass is 387 g/mol. The molecule has 1 aliphatic rings. The third-order valence-electron chi connectivity index (χ3n) is 4.58. The van der Waals surface area contributed by atoms with Crippen LogP contribution in [0.1, 0.15) is 11.1 Å². The molecule has 1 heterocycles. The fraction of sp³-hybridized carbons (Fsp3) is 0.381. The second-order valence-electron chi connectivity index (χ2n) is 6.65. The topological polar surface area (TPSA) is 53.6 Å². The van der Waals surface area contributed by atoms with Gasteiger partial charge in [-0.1, -0.05) is 41.9 Å². The lowest BCUT2D eigenvalue weighted by Gasteiger charge is -2.27. The van der Waals surface area contributed by atoms with Crippen LogP contribution >= 0.6 is 11.6 Å². The smallest absolute Gasteiger partial charge is 0.224 e. The summed E-state index contributed by atoms with van der Waals surface area (Å²) in [6.07, 6.45) is 0.352. The molecule has 0 spiro atoms. The first-order valence-corrected chi connectivity index (χ1v) is 9.73. The van der Waals surface area contributed by atoms with E-state index < -0.39 is 0 Å². The zero-order valence-corrected chi connectivity index (χ0v) is 16.2. The highest BCUT2D eigenvalue weighted by molar-refractivity contribution is 6.31. The summed E-state index contributed by atoms with van der Waals surface area (Å²) in [5.41, 5.74) is 1.88. The number of carbonyl (C=O) groups is 1. The Morgan fingerprint density at radius 1 is 1.15 bits per heavy atom. The number of benzene rings is 2. The van der Waals surface area contributed by atoms with Crippen LogP contribution in [0.4, 0.5) is 0 Å². The number of amides is 1. The van der Waals surface area contributed by atoms with Crippen molar-refractivity contribution in [1.82, 2.24) is 15.5 Å². The molecule has 6 heteroatoms. The zero-order valence-electron chi connectivity index (χ0n) is 15.4. The van der Waals surface area contributed by atoms with Crippen LogP contribution in [-0.2, 0) is 17.8 Å². The van der Waals surface area contributed by atoms with Crippen molar-refractivity contribution in [2.24, 2.45) is 0 Å². The molecule has 1 fully saturated rings. The predicted molar refractivity (Wildman–Crippen MR) is 108 cm³/mol. The highest BCUT2D eigenvalue weighted by Gasteiger charge is 2.10. The van der Waals surface area contributed by atoms with E-state index in [-0.39, 0.29) is 5.91 Å². The Balaban J connectivity index is 1.44. The van der Waals surface area contributed by atoms with Crippen molar-refractivity contribution in [3.8, 4) is 5.75 Å². The summed E-state index contributed by atoms with van der Waals surface area (Å²) in [6, 6.07) is 15.3. The van der Waals surface area contributed by atoms with Crippen LogP contribution in [0.25, 0.3) is 0 Å². The summed E-state index contributed by atoms with van der Waals surface area (Å²) >= 11 is 6.16. The van der Waals surface area contributed by atoms with Gasteiger partial charge in [0, 0.05) is 49.9 Å². The highest BCUT2D eigenvalue weighted by atomic mass is 35.5. The molecule has 0 aliphatic carbocycles. The molecule has 2 N–H and O–H groups in total. The molecule has 0 radical (unpaired) electrons. The third-order valence-corrected chi connectivity index (χ3v) is 4.94. The van der Waals surface area contributed by atoms with Gasteiger partial charge in [0.2, 0.25) is 5.91 Å². The fourth-order valence-corrected chi connectivity index (χ4v) is 3.25. The number of carbonyl (C=O) groups excluding carboxylic acids is 1. The van der Waals surface area contributed by atoms with E-state index in [4.69, 9.17) is 16.3 Å². The van der Waals surface area contributed by atoms with E-state index in [0.717, 1.165) is 49.6 Å². The minimum Gasteiger partial charge on any atom is -0.489 e. The normalized spacial score (nSPS) is 14.7. The molecular formula is C21H26ClN3O2. The number of nitrogens with zero attached hydrogens (tertiary/aromatic N) is 1. The molecule has 2 aromatic carbocycles. The number of nitrogens with one attached hydrogen (secondary N) is 2. The second kappa shape index (κ2) is 10.3. The number of piperazine rings is 1. The van der Waals surface area contributed by atoms with Crippen molar-refractivity contribution in [2.45, 2.75) is 13.0 Å². The molecule has 1 amide bonds. The molecule has 5 nitrogen and oxygen atoms in total. The Morgan fingerprint density at radius 2 is 1.96 bits per heavy atom. The van der Waals surface area contributed by atoms with Crippen molar-refractivity contribution in [3.63, 3.8) is 0 Å². The maximum absolute atomic E-state index is 12.2. The van der Waals surface area contributed by atoms with Crippen LogP contribution in [0.15, 0.2) is 48.5 Å². The minimum absolute atomic E-state index is 0.0355. The van der Waals surface area contributed by atoms with Gasteiger partial charge in [-0.3, -0.25) is 9.69 Å². The van der Waals surface area contributed by atoms with Crippen LogP contribution in [0.2, 0.25) is 5.02 Å². The average Bonchev–Trinajstić information content (AvgIpc) is 2.68. The van der Waals surface area contributed by atoms with Gasteiger partial charge in [0.1, 0.15) is 12.4 Å². The van der Waals surface area contributed by atoms with Gasteiger partial charge in [-0.25, -0.2) is 0 Å². The first kappa shape index (κ1) is 19.7. The fourth-order valence-electron chi connectivity index (χ4n) is 3.06. The molecule has 27 heavy (non-hydrogen) atoms. The van der Waals surface area contributed by atoms with Crippen molar-refractivity contribution < 1.29 is 9.53 Å². The lowest BCUT2D eigenvalue weighted by Crippen LogP contribution is -2.46. The van der Waals surface area contributed by atoms with Crippen molar-refractivity contribution in [2.75, 3.05) is 39.3 Å². The van der Waals surface area contributed by atoms with Crippen LogP contribution in [-0.4, -0.2) is 50.1 Å². The predicted octanol–water partition coefficient (Wildman–Crippen LogP) is 2.48. The largest absolute Gasteiger partial charge is 0.489 e. The van der Waals surface area contributed by atoms with Crippen LogP contribution in [0, 0.1) is 0 Å². The van der Waals surface area contributed by atoms with Crippen molar-refractivity contribution in [1.29, 1.82) is 0 Å². The van der Waals surface area contributed by atoms with E-state index in [1.807, 2.05) is 48.5 Å². The van der Waals surface area contributed by atoms with Gasteiger partial charge in [0.15, 0.2) is 0 Å². The summed E-state index contributed by atoms with van der Waals surface area (Å²) in [5.74, 6) is 0.773. The van der Waals surface area contributed by atoms with Crippen molar-refractivity contribution >= 4 is 17.5 Å². The number of hydrogen-bond donors (Lipinski definition) is 2. The van der Waals surface area contributed by atoms with E-state index in [1.54, 1.807) is 0 Å². The van der Waals surface area contributed by atoms with Gasteiger partial charge >= 0.3 is 0 Å². The molecule has 0 saturated carbocycles. The first-order valence-electron chi connectivity index (χ1n) is 9.35. The zero-order chi connectivity index (χ0) is 18.9. The van der Waals surface area contributed by atoms with E-state index in [0.29, 0.717) is 24.6 Å². The Morgan fingerprint density at radius 3 is 2.78 bits per heavy atom. The third kappa shape index (κ3) is 6.54. The highest BCUT2D eigenvalue weighted by Crippen LogP contribution is 2.19. The standard InChI is InChI=1S/C21H26ClN3O2/c22-20-7-2-1-5-18(20)16-27-19-6-3-4-17(14-19)15-21(26)24-10-13-25-11-8-23-9-12-25/h1-7,14,23H,8-13,15-16H2,(H,24,26). The Labute approximate surface area is 165 Å². The molecule has 144 valence electrons. The summed E-state index contributed by atoms with van der Waals surface area (Å²) in [7, 11) is 0. The number of ether oxygens (including phenoxy) is 1. The maximum atomic E-state index is 12.2. The van der Waals surface area contributed by atoms with Crippen molar-refractivity contribution in [3.05, 3.63) is 64.7 Å². The number of hydrogen-bond acceptors (Lipinski definition) is 4. The second-order valence-corrected chi connectivity index (χ2v) is 7.05. The first-order chi connectivity index (χ1) is 13.2. The van der Waals surface area contributed by atoms with Crippen LogP contribution in [0.5, 0.6) is 5.75 Å². The van der Waals surface area contributed by atoms with E-state index in [9.17, 15) is 4.79 Å². The molecular weight excluding hydrogens is 362 g/mol. The molecule has 3 rings (SSSR count). The molecule has 0 unspecified atom stereocenters. The Hall–Kier alpha value is -2.08. The quantitative estimate of drug-likeness (QED) is 0.730. The van der Waals surface area contributed by atoms with Gasteiger partial charge < -0.3 is 15.4 Å². The number of rotatable bonds is 8. The maximum Gasteiger partial charge on any atom is 0.224 e. The van der Waals surface area contributed by atoms with Gasteiger partial charge in [-0.2, -0.15) is 0 Å². The molecule has 0 atom stereocenters. The van der Waals surface area contributed by atoms with E-state index in [2.05, 4.69) is 15.5 Å². The molecule has 1 saturated heterocycles. The molecule has 2 aromatic rings. The van der Waals surface area contributed by atoms with Gasteiger partial charge in [-0.05, 0) is 23.8 Å². The van der Waals surface area contributed by atoms with Gasteiger partial charge in [-0.15, -0.1) is 0 Å². The molecule has 0 aromatic heterocycles. The summed E-state index contributed by atoms with van der Waals surface area (Å²) in [6.45, 7) is 6.11. The summed E-state index contributed by atoms with van der Waals surface area (Å²) in [5, 5.41) is 7.02. The Bertz CT molecular complexity index is 748. The Kier molecular flexibility index (Phi) is 7.51. The lowest BCUT2D eigenvalue weighted by atomic mass is 10.1. The molecule has 1 aliphatic heterocycles. The molecule has 0 bridgehead atoms. The lowest BCUT2D eigenvalue weighted by molar-refractivity contribution is -0.120. The van der Waals surface area contributed by atoms with Crippen LogP contribution < -0.4 is 15.4 Å². The average molecular weight is 388 g/mol. The van der Waals surface area contributed by atoms with Crippen LogP contribution in [0.3, 0.4) is 0 Å².